The van der Waals surface area contributed by atoms with Gasteiger partial charge in [0.2, 0.25) is 24.1 Å². The maximum atomic E-state index is 13.1. The van der Waals surface area contributed by atoms with Gasteiger partial charge in [-0.2, -0.15) is 0 Å². The van der Waals surface area contributed by atoms with Crippen molar-refractivity contribution < 1.29 is 19.2 Å². The lowest BCUT2D eigenvalue weighted by Gasteiger charge is -2.31. The van der Waals surface area contributed by atoms with Crippen molar-refractivity contribution in [3.63, 3.8) is 0 Å². The third-order valence-corrected chi connectivity index (χ3v) is 7.32. The number of nitrogens with zero attached hydrogens (tertiary/aromatic N) is 4. The van der Waals surface area contributed by atoms with Crippen LogP contribution in [-0.2, 0) is 19.2 Å². The zero-order chi connectivity index (χ0) is 32.4. The Hall–Kier alpha value is -2.68. The number of amides is 4. The van der Waals surface area contributed by atoms with E-state index in [4.69, 9.17) is 0 Å². The number of carbonyl (C=O) groups is 4. The zero-order valence-corrected chi connectivity index (χ0v) is 28.3. The van der Waals surface area contributed by atoms with Crippen molar-refractivity contribution in [2.45, 2.75) is 106 Å². The van der Waals surface area contributed by atoms with E-state index in [0.717, 1.165) is 18.4 Å². The van der Waals surface area contributed by atoms with Crippen LogP contribution in [0.25, 0.3) is 0 Å². The molecule has 2 heterocycles. The molecule has 0 bridgehead atoms. The van der Waals surface area contributed by atoms with E-state index in [0.29, 0.717) is 31.5 Å². The fourth-order valence-corrected chi connectivity index (χ4v) is 4.96. The van der Waals surface area contributed by atoms with Gasteiger partial charge in [0.1, 0.15) is 6.04 Å². The highest BCUT2D eigenvalue weighted by molar-refractivity contribution is 5.97. The topological polar surface area (TPSA) is 93.3 Å². The van der Waals surface area contributed by atoms with Crippen molar-refractivity contribution in [1.82, 2.24) is 24.9 Å². The molecule has 42 heavy (non-hydrogen) atoms. The first-order valence-corrected chi connectivity index (χ1v) is 15.7. The average Bonchev–Trinajstić information content (AvgIpc) is 3.43. The van der Waals surface area contributed by atoms with E-state index in [1.165, 1.54) is 37.3 Å². The quantitative estimate of drug-likeness (QED) is 0.219. The largest absolute Gasteiger partial charge is 0.350 e. The van der Waals surface area contributed by atoms with Crippen LogP contribution in [0.2, 0.25) is 0 Å². The minimum atomic E-state index is -0.468. The Balaban J connectivity index is 0.00000106. The zero-order valence-electron chi connectivity index (χ0n) is 28.3. The minimum Gasteiger partial charge on any atom is -0.350 e. The summed E-state index contributed by atoms with van der Waals surface area (Å²) in [4.78, 5) is 55.7. The average molecular weight is 592 g/mol. The Bertz CT molecular complexity index is 862. The Kier molecular flexibility index (Phi) is 19.7. The molecule has 1 unspecified atom stereocenters. The van der Waals surface area contributed by atoms with Crippen LogP contribution in [0.3, 0.4) is 0 Å². The summed E-state index contributed by atoms with van der Waals surface area (Å²) in [6.45, 7) is 23.9. The maximum absolute atomic E-state index is 13.1. The number of likely N-dealkylation sites (N-methyl/N-ethyl adjacent to an activating group) is 2. The summed E-state index contributed by atoms with van der Waals surface area (Å²) in [6.07, 6.45) is 9.61. The highest BCUT2D eigenvalue weighted by Crippen LogP contribution is 2.23. The van der Waals surface area contributed by atoms with Gasteiger partial charge in [0, 0.05) is 38.8 Å². The number of hydrogen-bond acceptors (Lipinski definition) is 5. The number of piperidine rings is 1. The number of hydrogen-bond donors (Lipinski definition) is 1. The Morgan fingerprint density at radius 2 is 1.52 bits per heavy atom. The molecule has 9 nitrogen and oxygen atoms in total. The molecule has 0 spiro atoms. The highest BCUT2D eigenvalue weighted by Gasteiger charge is 2.36. The smallest absolute Gasteiger partial charge is 0.249 e. The lowest BCUT2D eigenvalue weighted by molar-refractivity contribution is -0.140. The van der Waals surface area contributed by atoms with Gasteiger partial charge in [-0.25, -0.2) is 0 Å². The second-order valence-corrected chi connectivity index (χ2v) is 12.7. The summed E-state index contributed by atoms with van der Waals surface area (Å²) in [5.41, 5.74) is 0.498. The lowest BCUT2D eigenvalue weighted by atomic mass is 9.99. The Morgan fingerprint density at radius 1 is 0.952 bits per heavy atom. The first kappa shape index (κ1) is 39.3. The van der Waals surface area contributed by atoms with E-state index in [-0.39, 0.29) is 36.2 Å². The molecule has 9 heteroatoms. The molecule has 2 atom stereocenters. The molecule has 2 saturated heterocycles. The third-order valence-electron chi connectivity index (χ3n) is 7.32. The summed E-state index contributed by atoms with van der Waals surface area (Å²) in [6, 6.07) is -0.00477. The Labute approximate surface area is 256 Å². The monoisotopic (exact) mass is 591 g/mol. The standard InChI is InChI=1S/C21H34N4O4.C8H17N.C4H10/c1-7-10-23(5)21(29)17-9-8-11-25(17)20(28)16(4)12-18(15(2)3)24(6)19(27)13-22-14-26;1-8(2)9-6-4-3-5-7-9;1-4(2)3/h7,12,14-15,17-18H,1,8-11,13H2,2-6H3,(H,22,26);8H,3-7H2,1-2H3;4H,1-3H3/b16-12+;;/t17?,18-;;/m1../s1. The molecule has 0 saturated carbocycles. The molecule has 242 valence electrons. The number of rotatable bonds is 11. The van der Waals surface area contributed by atoms with E-state index in [1.54, 1.807) is 43.0 Å². The van der Waals surface area contributed by atoms with Crippen LogP contribution in [0.4, 0.5) is 0 Å². The predicted octanol–water partition coefficient (Wildman–Crippen LogP) is 4.34. The third kappa shape index (κ3) is 14.5. The fourth-order valence-electron chi connectivity index (χ4n) is 4.96. The second-order valence-electron chi connectivity index (χ2n) is 12.7. The van der Waals surface area contributed by atoms with Gasteiger partial charge in [-0.3, -0.25) is 19.2 Å². The maximum Gasteiger partial charge on any atom is 0.249 e. The molecule has 2 aliphatic heterocycles. The lowest BCUT2D eigenvalue weighted by Crippen LogP contribution is -2.47. The number of likely N-dealkylation sites (tertiary alicyclic amines) is 2. The van der Waals surface area contributed by atoms with Gasteiger partial charge >= 0.3 is 0 Å². The summed E-state index contributed by atoms with van der Waals surface area (Å²) < 4.78 is 0. The molecule has 0 aromatic heterocycles. The molecule has 2 rings (SSSR count). The van der Waals surface area contributed by atoms with Crippen LogP contribution in [-0.4, -0.2) is 109 Å². The molecule has 2 fully saturated rings. The molecule has 0 aromatic rings. The summed E-state index contributed by atoms with van der Waals surface area (Å²) in [7, 11) is 3.36. The van der Waals surface area contributed by atoms with E-state index in [9.17, 15) is 19.2 Å². The number of nitrogens with one attached hydrogen (secondary N) is 1. The first-order valence-electron chi connectivity index (χ1n) is 15.7. The van der Waals surface area contributed by atoms with Gasteiger partial charge in [0.25, 0.3) is 0 Å². The van der Waals surface area contributed by atoms with Crippen molar-refractivity contribution in [3.05, 3.63) is 24.3 Å². The fraction of sp³-hybridized carbons (Fsp3) is 0.758. The van der Waals surface area contributed by atoms with E-state index in [2.05, 4.69) is 51.4 Å². The van der Waals surface area contributed by atoms with Crippen molar-refractivity contribution in [1.29, 1.82) is 0 Å². The minimum absolute atomic E-state index is 0.0673. The van der Waals surface area contributed by atoms with Gasteiger partial charge in [0.15, 0.2) is 0 Å². The van der Waals surface area contributed by atoms with Crippen LogP contribution in [0.15, 0.2) is 24.3 Å². The molecule has 0 aromatic carbocycles. The SMILES string of the molecule is C=CCN(C)C(=O)C1CCCN1C(=O)/C(C)=C/[C@H](C(C)C)N(C)C(=O)CNC=O.CC(C)C.CC(C)N1CCCCC1. The van der Waals surface area contributed by atoms with Crippen molar-refractivity contribution in [3.8, 4) is 0 Å². The van der Waals surface area contributed by atoms with Crippen molar-refractivity contribution in [2.24, 2.45) is 11.8 Å². The summed E-state index contributed by atoms with van der Waals surface area (Å²) in [5, 5.41) is 2.37. The molecule has 2 aliphatic rings. The second kappa shape index (κ2) is 21.1. The van der Waals surface area contributed by atoms with Gasteiger partial charge in [-0.1, -0.05) is 53.2 Å². The summed E-state index contributed by atoms with van der Waals surface area (Å²) >= 11 is 0. The van der Waals surface area contributed by atoms with Gasteiger partial charge in [-0.15, -0.1) is 6.58 Å². The van der Waals surface area contributed by atoms with E-state index >= 15 is 0 Å². The van der Waals surface area contributed by atoms with Crippen LogP contribution in [0.1, 0.15) is 87.5 Å². The van der Waals surface area contributed by atoms with E-state index < -0.39 is 6.04 Å². The molecular weight excluding hydrogens is 530 g/mol. The first-order chi connectivity index (χ1) is 19.7. The van der Waals surface area contributed by atoms with Crippen molar-refractivity contribution in [2.75, 3.05) is 46.8 Å². The van der Waals surface area contributed by atoms with Crippen LogP contribution < -0.4 is 5.32 Å². The molecular formula is C33H61N5O4. The summed E-state index contributed by atoms with van der Waals surface area (Å²) in [5.74, 6) is 0.381. The van der Waals surface area contributed by atoms with Gasteiger partial charge < -0.3 is 24.9 Å². The number of carbonyl (C=O) groups excluding carboxylic acids is 4. The molecule has 1 N–H and O–H groups in total. The Morgan fingerprint density at radius 3 is 1.98 bits per heavy atom. The normalized spacial score (nSPS) is 18.0. The van der Waals surface area contributed by atoms with Crippen LogP contribution >= 0.6 is 0 Å². The molecule has 0 aliphatic carbocycles. The van der Waals surface area contributed by atoms with Crippen molar-refractivity contribution >= 4 is 24.1 Å². The van der Waals surface area contributed by atoms with E-state index in [1.807, 2.05) is 13.8 Å². The predicted molar refractivity (Wildman–Crippen MR) is 173 cm³/mol. The molecule has 4 amide bonds. The van der Waals surface area contributed by atoms with Crippen LogP contribution in [0.5, 0.6) is 0 Å². The van der Waals surface area contributed by atoms with Gasteiger partial charge in [-0.05, 0) is 71.4 Å². The van der Waals surface area contributed by atoms with Gasteiger partial charge in [0.05, 0.1) is 12.6 Å². The molecule has 0 radical (unpaired) electrons. The highest BCUT2D eigenvalue weighted by atomic mass is 16.2. The van der Waals surface area contributed by atoms with Crippen LogP contribution in [0, 0.1) is 11.8 Å².